The molecule has 0 saturated carbocycles. The molecule has 0 aromatic heterocycles. The van der Waals surface area contributed by atoms with Crippen molar-refractivity contribution in [1.82, 2.24) is 5.32 Å². The molecule has 0 radical (unpaired) electrons. The first-order chi connectivity index (χ1) is 7.68. The fourth-order valence-electron chi connectivity index (χ4n) is 1.67. The van der Waals surface area contributed by atoms with Crippen LogP contribution < -0.4 is 5.32 Å². The van der Waals surface area contributed by atoms with E-state index in [2.05, 4.69) is 19.2 Å². The molecule has 1 N–H and O–H groups in total. The highest BCUT2D eigenvalue weighted by Gasteiger charge is 1.95. The lowest BCUT2D eigenvalue weighted by Crippen LogP contribution is -2.23. The van der Waals surface area contributed by atoms with E-state index in [0.717, 1.165) is 13.0 Å². The molecule has 0 aliphatic heterocycles. The minimum absolute atomic E-state index is 0.148. The van der Waals surface area contributed by atoms with Crippen LogP contribution >= 0.6 is 0 Å². The summed E-state index contributed by atoms with van der Waals surface area (Å²) in [5.74, 6) is -0.148. The molecule has 1 aromatic carbocycles. The van der Waals surface area contributed by atoms with E-state index in [1.165, 1.54) is 37.0 Å². The minimum atomic E-state index is -0.148. The normalized spacial score (nSPS) is 11.0. The van der Waals surface area contributed by atoms with Gasteiger partial charge in [-0.2, -0.15) is 0 Å². The molecule has 0 atom stereocenters. The Morgan fingerprint density at radius 3 is 2.38 bits per heavy atom. The third-order valence-corrected chi connectivity index (χ3v) is 2.61. The highest BCUT2D eigenvalue weighted by molar-refractivity contribution is 5.15. The molecule has 0 aliphatic carbocycles. The van der Waals surface area contributed by atoms with Crippen LogP contribution in [-0.4, -0.2) is 12.6 Å². The number of halogens is 1. The van der Waals surface area contributed by atoms with Crippen LogP contribution in [0.1, 0.15) is 38.7 Å². The maximum absolute atomic E-state index is 12.6. The van der Waals surface area contributed by atoms with E-state index >= 15 is 0 Å². The SMILES string of the molecule is CC(C)NCCCCCc1ccc(F)cc1. The molecule has 0 aliphatic rings. The molecule has 0 heterocycles. The fourth-order valence-corrected chi connectivity index (χ4v) is 1.67. The lowest BCUT2D eigenvalue weighted by molar-refractivity contribution is 0.548. The number of hydrogen-bond acceptors (Lipinski definition) is 1. The molecule has 0 spiro atoms. The van der Waals surface area contributed by atoms with Gasteiger partial charge in [-0.3, -0.25) is 0 Å². The molecule has 1 aromatic rings. The molecule has 0 saturated heterocycles. The first kappa shape index (κ1) is 13.2. The summed E-state index contributed by atoms with van der Waals surface area (Å²) in [6.45, 7) is 5.43. The summed E-state index contributed by atoms with van der Waals surface area (Å²) in [6.07, 6.45) is 4.70. The molecule has 90 valence electrons. The number of unbranched alkanes of at least 4 members (excludes halogenated alkanes) is 2. The summed E-state index contributed by atoms with van der Waals surface area (Å²) in [7, 11) is 0. The van der Waals surface area contributed by atoms with Gasteiger partial charge in [-0.05, 0) is 43.5 Å². The van der Waals surface area contributed by atoms with Gasteiger partial charge in [-0.15, -0.1) is 0 Å². The molecule has 1 nitrogen and oxygen atoms in total. The second-order valence-electron chi connectivity index (χ2n) is 4.55. The van der Waals surface area contributed by atoms with Crippen molar-refractivity contribution in [3.8, 4) is 0 Å². The third-order valence-electron chi connectivity index (χ3n) is 2.61. The Hall–Kier alpha value is -0.890. The molecular weight excluding hydrogens is 201 g/mol. The number of nitrogens with one attached hydrogen (secondary N) is 1. The Morgan fingerprint density at radius 1 is 1.06 bits per heavy atom. The predicted octanol–water partition coefficient (Wildman–Crippen LogP) is 3.54. The van der Waals surface area contributed by atoms with Crippen molar-refractivity contribution in [2.75, 3.05) is 6.54 Å². The van der Waals surface area contributed by atoms with E-state index in [1.807, 2.05) is 12.1 Å². The van der Waals surface area contributed by atoms with Crippen LogP contribution in [0.4, 0.5) is 4.39 Å². The molecular formula is C14H22FN. The number of benzene rings is 1. The average molecular weight is 223 g/mol. The van der Waals surface area contributed by atoms with Gasteiger partial charge in [0.1, 0.15) is 5.82 Å². The van der Waals surface area contributed by atoms with Gasteiger partial charge in [-0.1, -0.05) is 32.4 Å². The van der Waals surface area contributed by atoms with Crippen LogP contribution in [0.5, 0.6) is 0 Å². The molecule has 0 unspecified atom stereocenters. The van der Waals surface area contributed by atoms with E-state index in [0.29, 0.717) is 6.04 Å². The van der Waals surface area contributed by atoms with Gasteiger partial charge in [-0.25, -0.2) is 4.39 Å². The van der Waals surface area contributed by atoms with Gasteiger partial charge < -0.3 is 5.32 Å². The van der Waals surface area contributed by atoms with Crippen molar-refractivity contribution >= 4 is 0 Å². The minimum Gasteiger partial charge on any atom is -0.315 e. The first-order valence-electron chi connectivity index (χ1n) is 6.16. The van der Waals surface area contributed by atoms with Gasteiger partial charge in [0.2, 0.25) is 0 Å². The van der Waals surface area contributed by atoms with Crippen molar-refractivity contribution in [3.05, 3.63) is 35.6 Å². The quantitative estimate of drug-likeness (QED) is 0.697. The maximum Gasteiger partial charge on any atom is 0.123 e. The zero-order chi connectivity index (χ0) is 11.8. The van der Waals surface area contributed by atoms with E-state index in [-0.39, 0.29) is 5.82 Å². The van der Waals surface area contributed by atoms with Crippen molar-refractivity contribution in [1.29, 1.82) is 0 Å². The lowest BCUT2D eigenvalue weighted by Gasteiger charge is -2.07. The standard InChI is InChI=1S/C14H22FN/c1-12(2)16-11-5-3-4-6-13-7-9-14(15)10-8-13/h7-10,12,16H,3-6,11H2,1-2H3. The van der Waals surface area contributed by atoms with E-state index in [4.69, 9.17) is 0 Å². The van der Waals surface area contributed by atoms with E-state index in [9.17, 15) is 4.39 Å². The van der Waals surface area contributed by atoms with Crippen molar-refractivity contribution in [3.63, 3.8) is 0 Å². The van der Waals surface area contributed by atoms with Crippen LogP contribution in [0.3, 0.4) is 0 Å². The largest absolute Gasteiger partial charge is 0.315 e. The van der Waals surface area contributed by atoms with Crippen molar-refractivity contribution in [2.45, 2.75) is 45.6 Å². The fraction of sp³-hybridized carbons (Fsp3) is 0.571. The molecule has 2 heteroatoms. The molecule has 0 amide bonds. The Balaban J connectivity index is 2.05. The highest BCUT2D eigenvalue weighted by atomic mass is 19.1. The highest BCUT2D eigenvalue weighted by Crippen LogP contribution is 2.07. The second-order valence-corrected chi connectivity index (χ2v) is 4.55. The van der Waals surface area contributed by atoms with Crippen LogP contribution in [0, 0.1) is 5.82 Å². The maximum atomic E-state index is 12.6. The molecule has 1 rings (SSSR count). The average Bonchev–Trinajstić information content (AvgIpc) is 2.25. The second kappa shape index (κ2) is 7.39. The summed E-state index contributed by atoms with van der Waals surface area (Å²) in [4.78, 5) is 0. The molecule has 0 bridgehead atoms. The van der Waals surface area contributed by atoms with Gasteiger partial charge in [0.05, 0.1) is 0 Å². The summed E-state index contributed by atoms with van der Waals surface area (Å²) in [6, 6.07) is 7.41. The van der Waals surface area contributed by atoms with Crippen molar-refractivity contribution < 1.29 is 4.39 Å². The van der Waals surface area contributed by atoms with Gasteiger partial charge in [0.25, 0.3) is 0 Å². The number of hydrogen-bond donors (Lipinski definition) is 1. The molecule has 16 heavy (non-hydrogen) atoms. The number of aryl methyl sites for hydroxylation is 1. The Morgan fingerprint density at radius 2 is 1.75 bits per heavy atom. The summed E-state index contributed by atoms with van der Waals surface area (Å²) >= 11 is 0. The summed E-state index contributed by atoms with van der Waals surface area (Å²) in [5.41, 5.74) is 1.23. The monoisotopic (exact) mass is 223 g/mol. The smallest absolute Gasteiger partial charge is 0.123 e. The summed E-state index contributed by atoms with van der Waals surface area (Å²) < 4.78 is 12.6. The Labute approximate surface area is 98.1 Å². The number of rotatable bonds is 7. The van der Waals surface area contributed by atoms with Crippen LogP contribution in [0.25, 0.3) is 0 Å². The van der Waals surface area contributed by atoms with E-state index in [1.54, 1.807) is 0 Å². The lowest BCUT2D eigenvalue weighted by atomic mass is 10.1. The topological polar surface area (TPSA) is 12.0 Å². The first-order valence-corrected chi connectivity index (χ1v) is 6.16. The van der Waals surface area contributed by atoms with Crippen LogP contribution in [0.15, 0.2) is 24.3 Å². The zero-order valence-corrected chi connectivity index (χ0v) is 10.3. The van der Waals surface area contributed by atoms with Gasteiger partial charge >= 0.3 is 0 Å². The van der Waals surface area contributed by atoms with Crippen LogP contribution in [0.2, 0.25) is 0 Å². The summed E-state index contributed by atoms with van der Waals surface area (Å²) in [5, 5.41) is 3.40. The van der Waals surface area contributed by atoms with Crippen LogP contribution in [-0.2, 0) is 6.42 Å². The van der Waals surface area contributed by atoms with E-state index < -0.39 is 0 Å². The third kappa shape index (κ3) is 5.86. The Kier molecular flexibility index (Phi) is 6.09. The van der Waals surface area contributed by atoms with Crippen molar-refractivity contribution in [2.24, 2.45) is 0 Å². The Bertz CT molecular complexity index is 279. The predicted molar refractivity (Wildman–Crippen MR) is 67.1 cm³/mol. The zero-order valence-electron chi connectivity index (χ0n) is 10.3. The molecule has 0 fully saturated rings. The van der Waals surface area contributed by atoms with Gasteiger partial charge in [0.15, 0.2) is 0 Å². The van der Waals surface area contributed by atoms with Gasteiger partial charge in [0, 0.05) is 6.04 Å².